The van der Waals surface area contributed by atoms with E-state index in [0.717, 1.165) is 31.3 Å². The van der Waals surface area contributed by atoms with Crippen LogP contribution in [-0.2, 0) is 14.3 Å². The Balaban J connectivity index is 2.49. The maximum atomic E-state index is 12.3. The van der Waals surface area contributed by atoms with Crippen LogP contribution in [0.2, 0.25) is 0 Å². The number of carbonyl (C=O) groups excluding carboxylic acids is 2. The zero-order chi connectivity index (χ0) is 15.1. The summed E-state index contributed by atoms with van der Waals surface area (Å²) in [7, 11) is 0. The Morgan fingerprint density at radius 2 is 1.85 bits per heavy atom. The molecule has 0 saturated heterocycles. The van der Waals surface area contributed by atoms with E-state index in [0.29, 0.717) is 0 Å². The third-order valence-corrected chi connectivity index (χ3v) is 4.91. The smallest absolute Gasteiger partial charge is 0.341 e. The summed E-state index contributed by atoms with van der Waals surface area (Å²) in [4.78, 5) is 24.5. The molecule has 0 aromatic carbocycles. The Kier molecular flexibility index (Phi) is 3.80. The average Bonchev–Trinajstić information content (AvgIpc) is 2.75. The van der Waals surface area contributed by atoms with Gasteiger partial charge in [-0.05, 0) is 46.1 Å². The van der Waals surface area contributed by atoms with Crippen molar-refractivity contribution in [1.82, 2.24) is 0 Å². The lowest BCUT2D eigenvalue weighted by Crippen LogP contribution is -2.51. The highest BCUT2D eigenvalue weighted by atomic mass is 16.5. The van der Waals surface area contributed by atoms with Crippen LogP contribution in [0.4, 0.5) is 0 Å². The van der Waals surface area contributed by atoms with E-state index in [4.69, 9.17) is 4.74 Å². The van der Waals surface area contributed by atoms with Gasteiger partial charge in [0, 0.05) is 11.8 Å². The highest BCUT2D eigenvalue weighted by Crippen LogP contribution is 2.56. The standard InChI is InChI=1S/C16H24O4/c1-10(2)20-14(18)13-11(3)16(7-5-6-8-16)15(4,19)9-12(13)17/h10,19H,5-9H2,1-4H3. The predicted octanol–water partition coefficient (Wildman–Crippen LogP) is 2.54. The van der Waals surface area contributed by atoms with Crippen LogP contribution in [0.5, 0.6) is 0 Å². The number of esters is 1. The normalized spacial score (nSPS) is 29.4. The largest absolute Gasteiger partial charge is 0.459 e. The van der Waals surface area contributed by atoms with E-state index in [9.17, 15) is 14.7 Å². The second-order valence-electron chi connectivity index (χ2n) is 6.62. The molecule has 0 bridgehead atoms. The molecule has 0 aromatic heterocycles. The van der Waals surface area contributed by atoms with Gasteiger partial charge in [0.25, 0.3) is 0 Å². The van der Waals surface area contributed by atoms with Crippen molar-refractivity contribution in [3.8, 4) is 0 Å². The molecule has 4 nitrogen and oxygen atoms in total. The van der Waals surface area contributed by atoms with Crippen molar-refractivity contribution < 1.29 is 19.4 Å². The van der Waals surface area contributed by atoms with Gasteiger partial charge < -0.3 is 9.84 Å². The van der Waals surface area contributed by atoms with Crippen LogP contribution in [0.3, 0.4) is 0 Å². The maximum Gasteiger partial charge on any atom is 0.341 e. The number of Topliss-reactive ketones (excluding diaryl/α,β-unsaturated/α-hetero) is 1. The highest BCUT2D eigenvalue weighted by molar-refractivity contribution is 6.19. The van der Waals surface area contributed by atoms with E-state index in [-0.39, 0.29) is 23.9 Å². The van der Waals surface area contributed by atoms with E-state index in [2.05, 4.69) is 0 Å². The predicted molar refractivity (Wildman–Crippen MR) is 75.1 cm³/mol. The number of rotatable bonds is 2. The SMILES string of the molecule is CC1=C(C(=O)OC(C)C)C(=O)CC(C)(O)C12CCCC2. The number of ketones is 1. The first-order valence-electron chi connectivity index (χ1n) is 7.39. The summed E-state index contributed by atoms with van der Waals surface area (Å²) in [6.45, 7) is 7.07. The van der Waals surface area contributed by atoms with E-state index in [1.807, 2.05) is 6.92 Å². The molecule has 4 heteroatoms. The molecule has 2 aliphatic rings. The second-order valence-corrected chi connectivity index (χ2v) is 6.62. The van der Waals surface area contributed by atoms with Crippen LogP contribution in [0.25, 0.3) is 0 Å². The molecule has 2 rings (SSSR count). The van der Waals surface area contributed by atoms with Gasteiger partial charge in [-0.15, -0.1) is 0 Å². The van der Waals surface area contributed by atoms with Crippen LogP contribution in [-0.4, -0.2) is 28.6 Å². The molecule has 0 radical (unpaired) electrons. The Bertz CT molecular complexity index is 465. The topological polar surface area (TPSA) is 63.6 Å². The average molecular weight is 280 g/mol. The first kappa shape index (κ1) is 15.2. The van der Waals surface area contributed by atoms with Gasteiger partial charge in [0.2, 0.25) is 0 Å². The molecule has 1 saturated carbocycles. The van der Waals surface area contributed by atoms with Gasteiger partial charge in [-0.25, -0.2) is 4.79 Å². The Hall–Kier alpha value is -1.16. The summed E-state index contributed by atoms with van der Waals surface area (Å²) in [5.74, 6) is -0.833. The molecule has 1 spiro atoms. The molecule has 1 unspecified atom stereocenters. The van der Waals surface area contributed by atoms with E-state index >= 15 is 0 Å². The van der Waals surface area contributed by atoms with Crippen LogP contribution >= 0.6 is 0 Å². The van der Waals surface area contributed by atoms with E-state index in [1.54, 1.807) is 20.8 Å². The summed E-state index contributed by atoms with van der Waals surface area (Å²) in [5, 5.41) is 10.7. The van der Waals surface area contributed by atoms with Crippen molar-refractivity contribution in [2.45, 2.75) is 71.5 Å². The van der Waals surface area contributed by atoms with E-state index < -0.39 is 17.0 Å². The molecule has 112 valence electrons. The molecule has 0 aliphatic heterocycles. The van der Waals surface area contributed by atoms with Crippen LogP contribution < -0.4 is 0 Å². The fraction of sp³-hybridized carbons (Fsp3) is 0.750. The lowest BCUT2D eigenvalue weighted by molar-refractivity contribution is -0.146. The van der Waals surface area contributed by atoms with Gasteiger partial charge in [-0.2, -0.15) is 0 Å². The number of carbonyl (C=O) groups is 2. The summed E-state index contributed by atoms with van der Waals surface area (Å²) in [6, 6.07) is 0. The summed E-state index contributed by atoms with van der Waals surface area (Å²) in [6.07, 6.45) is 3.46. The number of ether oxygens (including phenoxy) is 1. The Labute approximate surface area is 120 Å². The Morgan fingerprint density at radius 1 is 1.30 bits per heavy atom. The number of aliphatic hydroxyl groups is 1. The third-order valence-electron chi connectivity index (χ3n) is 4.91. The molecule has 0 heterocycles. The van der Waals surface area contributed by atoms with Gasteiger partial charge in [0.1, 0.15) is 5.57 Å². The minimum atomic E-state index is -1.06. The summed E-state index contributed by atoms with van der Waals surface area (Å²) in [5.41, 5.74) is -0.604. The zero-order valence-electron chi connectivity index (χ0n) is 12.8. The van der Waals surface area contributed by atoms with Gasteiger partial charge in [0.05, 0.1) is 11.7 Å². The molecule has 1 atom stereocenters. The quantitative estimate of drug-likeness (QED) is 0.623. The first-order chi connectivity index (χ1) is 9.21. The summed E-state index contributed by atoms with van der Waals surface area (Å²) >= 11 is 0. The molecule has 1 N–H and O–H groups in total. The molecule has 0 aromatic rings. The van der Waals surface area contributed by atoms with E-state index in [1.165, 1.54) is 0 Å². The van der Waals surface area contributed by atoms with Crippen molar-refractivity contribution in [1.29, 1.82) is 0 Å². The third kappa shape index (κ3) is 2.20. The second kappa shape index (κ2) is 4.99. The zero-order valence-corrected chi connectivity index (χ0v) is 12.8. The monoisotopic (exact) mass is 280 g/mol. The molecular weight excluding hydrogens is 256 g/mol. The molecule has 2 aliphatic carbocycles. The lowest BCUT2D eigenvalue weighted by atomic mass is 9.60. The fourth-order valence-electron chi connectivity index (χ4n) is 3.85. The molecule has 1 fully saturated rings. The van der Waals surface area contributed by atoms with Crippen molar-refractivity contribution in [2.24, 2.45) is 5.41 Å². The first-order valence-corrected chi connectivity index (χ1v) is 7.39. The van der Waals surface area contributed by atoms with Crippen LogP contribution in [0.1, 0.15) is 59.8 Å². The minimum absolute atomic E-state index is 0.00681. The number of hydrogen-bond donors (Lipinski definition) is 1. The molecular formula is C16H24O4. The van der Waals surface area contributed by atoms with Crippen molar-refractivity contribution in [3.63, 3.8) is 0 Å². The van der Waals surface area contributed by atoms with Crippen LogP contribution in [0.15, 0.2) is 11.1 Å². The fourth-order valence-corrected chi connectivity index (χ4v) is 3.85. The Morgan fingerprint density at radius 3 is 2.35 bits per heavy atom. The van der Waals surface area contributed by atoms with Crippen molar-refractivity contribution in [3.05, 3.63) is 11.1 Å². The minimum Gasteiger partial charge on any atom is -0.459 e. The van der Waals surface area contributed by atoms with Crippen molar-refractivity contribution in [2.75, 3.05) is 0 Å². The summed E-state index contributed by atoms with van der Waals surface area (Å²) < 4.78 is 5.20. The van der Waals surface area contributed by atoms with Gasteiger partial charge in [0.15, 0.2) is 5.78 Å². The molecule has 20 heavy (non-hydrogen) atoms. The van der Waals surface area contributed by atoms with Gasteiger partial charge in [-0.1, -0.05) is 12.8 Å². The maximum absolute atomic E-state index is 12.3. The van der Waals surface area contributed by atoms with Gasteiger partial charge >= 0.3 is 5.97 Å². The highest BCUT2D eigenvalue weighted by Gasteiger charge is 2.55. The molecule has 0 amide bonds. The van der Waals surface area contributed by atoms with Gasteiger partial charge in [-0.3, -0.25) is 4.79 Å². The number of hydrogen-bond acceptors (Lipinski definition) is 4. The lowest BCUT2D eigenvalue weighted by Gasteiger charge is -2.47. The van der Waals surface area contributed by atoms with Crippen molar-refractivity contribution >= 4 is 11.8 Å². The van der Waals surface area contributed by atoms with Crippen LogP contribution in [0, 0.1) is 5.41 Å².